The smallest absolute Gasteiger partial charge is 0.354 e. The van der Waals surface area contributed by atoms with Crippen molar-refractivity contribution in [2.24, 2.45) is 0 Å². The Kier molecular flexibility index (Phi) is 7.97. The van der Waals surface area contributed by atoms with Gasteiger partial charge in [0.2, 0.25) is 0 Å². The number of anilines is 1. The Morgan fingerprint density at radius 3 is 2.17 bits per heavy atom. The van der Waals surface area contributed by atoms with Gasteiger partial charge in [0.05, 0.1) is 10.7 Å². The molecule has 0 radical (unpaired) electrons. The van der Waals surface area contributed by atoms with Gasteiger partial charge in [-0.2, -0.15) is 26.3 Å². The van der Waals surface area contributed by atoms with Gasteiger partial charge in [-0.1, -0.05) is 35.9 Å². The van der Waals surface area contributed by atoms with E-state index in [0.717, 1.165) is 0 Å². The van der Waals surface area contributed by atoms with Gasteiger partial charge in [-0.15, -0.1) is 0 Å². The summed E-state index contributed by atoms with van der Waals surface area (Å²) >= 11 is 6.09. The normalized spacial score (nSPS) is 16.6. The highest BCUT2D eigenvalue weighted by atomic mass is 35.5. The highest BCUT2D eigenvalue weighted by molar-refractivity contribution is 6.33. The fourth-order valence-corrected chi connectivity index (χ4v) is 3.61. The summed E-state index contributed by atoms with van der Waals surface area (Å²) in [5.74, 6) is -2.60. The number of likely N-dealkylation sites (tertiary alicyclic amines) is 1. The summed E-state index contributed by atoms with van der Waals surface area (Å²) in [6.45, 7) is -0.00425. The zero-order chi connectivity index (χ0) is 26.7. The summed E-state index contributed by atoms with van der Waals surface area (Å²) in [6, 6.07) is 10.9. The van der Waals surface area contributed by atoms with Crippen molar-refractivity contribution < 1.29 is 35.9 Å². The molecule has 1 aliphatic rings. The van der Waals surface area contributed by atoms with Crippen LogP contribution in [0.25, 0.3) is 5.70 Å². The predicted octanol–water partition coefficient (Wildman–Crippen LogP) is 5.27. The van der Waals surface area contributed by atoms with Crippen LogP contribution in [0.1, 0.15) is 22.3 Å². The van der Waals surface area contributed by atoms with Crippen molar-refractivity contribution in [1.82, 2.24) is 10.2 Å². The zero-order valence-electron chi connectivity index (χ0n) is 18.3. The molecular formula is C23H19ClF6N4O2. The SMILES string of the molecule is N=C(/C=C(\Nc1ccccc1Cl)c1ccc(C(=O)N2CC[C@H](NC(=O)C(F)(F)F)C2)cc1)C(F)(F)F. The van der Waals surface area contributed by atoms with E-state index in [0.29, 0.717) is 11.8 Å². The minimum absolute atomic E-state index is 0.0967. The molecular weight excluding hydrogens is 514 g/mol. The lowest BCUT2D eigenvalue weighted by atomic mass is 10.1. The van der Waals surface area contributed by atoms with Crippen LogP contribution in [0.15, 0.2) is 54.6 Å². The summed E-state index contributed by atoms with van der Waals surface area (Å²) in [6.07, 6.45) is -9.19. The van der Waals surface area contributed by atoms with E-state index < -0.39 is 35.9 Å². The number of benzene rings is 2. The molecule has 1 saturated heterocycles. The van der Waals surface area contributed by atoms with Crippen LogP contribution in [0.3, 0.4) is 0 Å². The number of carbonyl (C=O) groups is 2. The second-order valence-corrected chi connectivity index (χ2v) is 8.27. The van der Waals surface area contributed by atoms with Crippen molar-refractivity contribution in [2.45, 2.75) is 24.8 Å². The molecule has 13 heteroatoms. The first kappa shape index (κ1) is 27.1. The number of rotatable bonds is 6. The maximum atomic E-state index is 13.0. The highest BCUT2D eigenvalue weighted by Gasteiger charge is 2.41. The molecule has 1 aliphatic heterocycles. The van der Waals surface area contributed by atoms with Crippen LogP contribution >= 0.6 is 11.6 Å². The van der Waals surface area contributed by atoms with E-state index in [9.17, 15) is 35.9 Å². The average Bonchev–Trinajstić information content (AvgIpc) is 3.27. The fourth-order valence-electron chi connectivity index (χ4n) is 3.43. The number of amides is 2. The van der Waals surface area contributed by atoms with Gasteiger partial charge in [0.1, 0.15) is 5.71 Å². The van der Waals surface area contributed by atoms with Crippen LogP contribution in [0.2, 0.25) is 5.02 Å². The third kappa shape index (κ3) is 6.78. The standard InChI is InChI=1S/C23H19ClF6N4O2/c24-16-3-1-2-4-17(16)33-18(11-19(31)22(25,26)27)13-5-7-14(8-6-13)20(35)34-10-9-15(12-34)32-21(36)23(28,29)30/h1-8,11,15,31,33H,9-10,12H2,(H,32,36)/b18-11-,31-19?/t15-/m0/s1. The molecule has 0 saturated carbocycles. The Morgan fingerprint density at radius 2 is 1.58 bits per heavy atom. The van der Waals surface area contributed by atoms with E-state index in [-0.39, 0.29) is 41.4 Å². The molecule has 0 aromatic heterocycles. The largest absolute Gasteiger partial charge is 0.471 e. The van der Waals surface area contributed by atoms with Crippen molar-refractivity contribution in [3.63, 3.8) is 0 Å². The van der Waals surface area contributed by atoms with Crippen molar-refractivity contribution in [2.75, 3.05) is 18.4 Å². The number of nitrogens with zero attached hydrogens (tertiary/aromatic N) is 1. The molecule has 2 aromatic carbocycles. The summed E-state index contributed by atoms with van der Waals surface area (Å²) < 4.78 is 76.3. The highest BCUT2D eigenvalue weighted by Crippen LogP contribution is 2.28. The van der Waals surface area contributed by atoms with Crippen LogP contribution in [0.5, 0.6) is 0 Å². The van der Waals surface area contributed by atoms with Crippen LogP contribution in [0.4, 0.5) is 32.0 Å². The molecule has 36 heavy (non-hydrogen) atoms. The first-order chi connectivity index (χ1) is 16.8. The van der Waals surface area contributed by atoms with Crippen molar-refractivity contribution in [3.05, 3.63) is 70.8 Å². The number of hydrogen-bond donors (Lipinski definition) is 3. The van der Waals surface area contributed by atoms with Gasteiger partial charge < -0.3 is 15.5 Å². The maximum Gasteiger partial charge on any atom is 0.471 e. The number of nitrogens with one attached hydrogen (secondary N) is 3. The van der Waals surface area contributed by atoms with Crippen molar-refractivity contribution >= 4 is 40.5 Å². The maximum absolute atomic E-state index is 13.0. The van der Waals surface area contributed by atoms with Gasteiger partial charge in [-0.05, 0) is 42.3 Å². The Morgan fingerprint density at radius 1 is 0.972 bits per heavy atom. The number of halogens is 7. The number of hydrogen-bond acceptors (Lipinski definition) is 4. The van der Waals surface area contributed by atoms with Gasteiger partial charge >= 0.3 is 18.3 Å². The van der Waals surface area contributed by atoms with Crippen LogP contribution in [-0.2, 0) is 4.79 Å². The van der Waals surface area contributed by atoms with Crippen molar-refractivity contribution in [1.29, 1.82) is 5.41 Å². The summed E-state index contributed by atoms with van der Waals surface area (Å²) in [4.78, 5) is 25.1. The summed E-state index contributed by atoms with van der Waals surface area (Å²) in [5.41, 5.74) is -1.05. The molecule has 192 valence electrons. The third-order valence-electron chi connectivity index (χ3n) is 5.25. The molecule has 0 unspecified atom stereocenters. The number of para-hydroxylation sites is 1. The third-order valence-corrected chi connectivity index (χ3v) is 5.58. The molecule has 0 bridgehead atoms. The molecule has 3 rings (SSSR count). The van der Waals surface area contributed by atoms with Crippen LogP contribution < -0.4 is 10.6 Å². The monoisotopic (exact) mass is 532 g/mol. The number of alkyl halides is 6. The molecule has 6 nitrogen and oxygen atoms in total. The minimum Gasteiger partial charge on any atom is -0.354 e. The second kappa shape index (κ2) is 10.6. The van der Waals surface area contributed by atoms with E-state index in [1.54, 1.807) is 12.1 Å². The first-order valence-corrected chi connectivity index (χ1v) is 10.8. The molecule has 0 aliphatic carbocycles. The Hall–Kier alpha value is -3.54. The average molecular weight is 533 g/mol. The Labute approximate surface area is 206 Å². The zero-order valence-corrected chi connectivity index (χ0v) is 19.1. The second-order valence-electron chi connectivity index (χ2n) is 7.86. The van der Waals surface area contributed by atoms with Crippen molar-refractivity contribution in [3.8, 4) is 0 Å². The van der Waals surface area contributed by atoms with Gasteiger partial charge in [-0.3, -0.25) is 15.0 Å². The molecule has 2 amide bonds. The van der Waals surface area contributed by atoms with E-state index in [1.165, 1.54) is 41.3 Å². The van der Waals surface area contributed by atoms with E-state index in [1.807, 2.05) is 5.32 Å². The van der Waals surface area contributed by atoms with E-state index in [2.05, 4.69) is 5.32 Å². The van der Waals surface area contributed by atoms with Gasteiger partial charge in [-0.25, -0.2) is 0 Å². The molecule has 1 fully saturated rings. The lowest BCUT2D eigenvalue weighted by molar-refractivity contribution is -0.174. The van der Waals surface area contributed by atoms with Crippen LogP contribution in [0, 0.1) is 5.41 Å². The summed E-state index contributed by atoms with van der Waals surface area (Å²) in [5, 5.41) is 12.2. The Bertz CT molecular complexity index is 1180. The van der Waals surface area contributed by atoms with E-state index >= 15 is 0 Å². The molecule has 0 spiro atoms. The fraction of sp³-hybridized carbons (Fsp3) is 0.261. The first-order valence-electron chi connectivity index (χ1n) is 10.4. The number of carbonyl (C=O) groups excluding carboxylic acids is 2. The molecule has 3 N–H and O–H groups in total. The molecule has 1 atom stereocenters. The molecule has 2 aromatic rings. The van der Waals surface area contributed by atoms with Crippen LogP contribution in [-0.4, -0.2) is 53.9 Å². The quantitative estimate of drug-likeness (QED) is 0.350. The minimum atomic E-state index is -5.03. The number of allylic oxidation sites excluding steroid dienone is 1. The predicted molar refractivity (Wildman–Crippen MR) is 122 cm³/mol. The molecule has 1 heterocycles. The van der Waals surface area contributed by atoms with Gasteiger partial charge in [0.15, 0.2) is 0 Å². The lowest BCUT2D eigenvalue weighted by Gasteiger charge is -2.18. The lowest BCUT2D eigenvalue weighted by Crippen LogP contribution is -2.44. The Balaban J connectivity index is 1.77. The topological polar surface area (TPSA) is 85.3 Å². The summed E-state index contributed by atoms with van der Waals surface area (Å²) in [7, 11) is 0. The van der Waals surface area contributed by atoms with E-state index in [4.69, 9.17) is 17.0 Å². The van der Waals surface area contributed by atoms with Gasteiger partial charge in [0.25, 0.3) is 5.91 Å². The van der Waals surface area contributed by atoms with Gasteiger partial charge in [0, 0.05) is 30.4 Å².